The van der Waals surface area contributed by atoms with E-state index in [2.05, 4.69) is 16.9 Å². The molecule has 24 heavy (non-hydrogen) atoms. The van der Waals surface area contributed by atoms with Gasteiger partial charge in [-0.1, -0.05) is 6.58 Å². The molecule has 1 aliphatic rings. The van der Waals surface area contributed by atoms with Crippen LogP contribution in [0.4, 0.5) is 18.9 Å². The van der Waals surface area contributed by atoms with Gasteiger partial charge in [0.05, 0.1) is 6.61 Å². The topological polar surface area (TPSA) is 80.5 Å². The molecule has 6 nitrogen and oxygen atoms in total. The highest BCUT2D eigenvalue weighted by Crippen LogP contribution is 2.23. The lowest BCUT2D eigenvalue weighted by Gasteiger charge is -2.20. The number of amides is 1. The summed E-state index contributed by atoms with van der Waals surface area (Å²) in [6.07, 6.45) is -2.45. The molecule has 132 valence electrons. The number of halogens is 3. The highest BCUT2D eigenvalue weighted by Gasteiger charge is 2.27. The Bertz CT molecular complexity index is 611. The van der Waals surface area contributed by atoms with Crippen molar-refractivity contribution in [1.29, 1.82) is 0 Å². The minimum absolute atomic E-state index is 0.0478. The van der Waals surface area contributed by atoms with Gasteiger partial charge in [-0.3, -0.25) is 9.78 Å². The molecule has 0 bridgehead atoms. The van der Waals surface area contributed by atoms with E-state index >= 15 is 0 Å². The number of carbonyl (C=O) groups is 1. The van der Waals surface area contributed by atoms with E-state index < -0.39 is 12.7 Å². The maximum atomic E-state index is 12.5. The van der Waals surface area contributed by atoms with Gasteiger partial charge in [-0.25, -0.2) is 0 Å². The molecule has 1 fully saturated rings. The highest BCUT2D eigenvalue weighted by molar-refractivity contribution is 5.94. The van der Waals surface area contributed by atoms with Crippen LogP contribution in [0.2, 0.25) is 0 Å². The van der Waals surface area contributed by atoms with Gasteiger partial charge in [-0.2, -0.15) is 13.2 Å². The SMILES string of the molecule is C=C(N)c1cnc(C(=O)N2CCCOCC2)cc1NCC(F)(F)F. The number of rotatable bonds is 4. The Balaban J connectivity index is 2.23. The Hall–Kier alpha value is -2.29. The minimum Gasteiger partial charge on any atom is -0.399 e. The van der Waals surface area contributed by atoms with Crippen LogP contribution in [0.25, 0.3) is 5.70 Å². The molecule has 0 radical (unpaired) electrons. The normalized spacial score (nSPS) is 15.7. The molecule has 0 aromatic carbocycles. The monoisotopic (exact) mass is 344 g/mol. The number of nitrogens with zero attached hydrogens (tertiary/aromatic N) is 2. The Morgan fingerprint density at radius 2 is 2.17 bits per heavy atom. The molecule has 1 amide bonds. The zero-order valence-corrected chi connectivity index (χ0v) is 13.0. The zero-order valence-electron chi connectivity index (χ0n) is 13.0. The van der Waals surface area contributed by atoms with E-state index in [1.54, 1.807) is 4.90 Å². The molecule has 1 aliphatic heterocycles. The average molecular weight is 344 g/mol. The van der Waals surface area contributed by atoms with Crippen LogP contribution in [0.3, 0.4) is 0 Å². The molecular formula is C15H19F3N4O2. The summed E-state index contributed by atoms with van der Waals surface area (Å²) >= 11 is 0. The third-order valence-corrected chi connectivity index (χ3v) is 3.46. The molecule has 0 atom stereocenters. The van der Waals surface area contributed by atoms with Crippen molar-refractivity contribution in [2.45, 2.75) is 12.6 Å². The van der Waals surface area contributed by atoms with E-state index in [1.807, 2.05) is 0 Å². The van der Waals surface area contributed by atoms with Crippen molar-refractivity contribution >= 4 is 17.3 Å². The molecule has 0 unspecified atom stereocenters. The lowest BCUT2D eigenvalue weighted by Crippen LogP contribution is -2.34. The van der Waals surface area contributed by atoms with Gasteiger partial charge in [0.2, 0.25) is 0 Å². The van der Waals surface area contributed by atoms with Gasteiger partial charge >= 0.3 is 6.18 Å². The molecule has 1 saturated heterocycles. The Kier molecular flexibility index (Phi) is 5.66. The third kappa shape index (κ3) is 4.85. The molecule has 0 saturated carbocycles. The van der Waals surface area contributed by atoms with Gasteiger partial charge in [0, 0.05) is 42.8 Å². The molecule has 0 spiro atoms. The zero-order chi connectivity index (χ0) is 17.7. The first kappa shape index (κ1) is 18.1. The second-order valence-electron chi connectivity index (χ2n) is 5.37. The van der Waals surface area contributed by atoms with E-state index in [-0.39, 0.29) is 28.5 Å². The van der Waals surface area contributed by atoms with Crippen molar-refractivity contribution in [2.24, 2.45) is 5.73 Å². The largest absolute Gasteiger partial charge is 0.405 e. The second kappa shape index (κ2) is 7.52. The summed E-state index contributed by atoms with van der Waals surface area (Å²) in [5.41, 5.74) is 5.99. The summed E-state index contributed by atoms with van der Waals surface area (Å²) in [4.78, 5) is 18.1. The van der Waals surface area contributed by atoms with Gasteiger partial charge in [-0.05, 0) is 12.5 Å². The maximum absolute atomic E-state index is 12.5. The van der Waals surface area contributed by atoms with Crippen LogP contribution >= 0.6 is 0 Å². The fourth-order valence-corrected chi connectivity index (χ4v) is 2.28. The quantitative estimate of drug-likeness (QED) is 0.871. The summed E-state index contributed by atoms with van der Waals surface area (Å²) in [5, 5.41) is 2.24. The fourth-order valence-electron chi connectivity index (χ4n) is 2.28. The molecule has 2 rings (SSSR count). The first-order valence-corrected chi connectivity index (χ1v) is 7.40. The molecule has 9 heteroatoms. The van der Waals surface area contributed by atoms with Crippen molar-refractivity contribution in [3.8, 4) is 0 Å². The van der Waals surface area contributed by atoms with Crippen LogP contribution < -0.4 is 11.1 Å². The first-order valence-electron chi connectivity index (χ1n) is 7.40. The number of nitrogens with two attached hydrogens (primary N) is 1. The summed E-state index contributed by atoms with van der Waals surface area (Å²) in [5.74, 6) is -0.357. The van der Waals surface area contributed by atoms with E-state index in [0.29, 0.717) is 32.7 Å². The lowest BCUT2D eigenvalue weighted by molar-refractivity contribution is -0.115. The molecule has 2 heterocycles. The van der Waals surface area contributed by atoms with Crippen molar-refractivity contribution in [1.82, 2.24) is 9.88 Å². The standard InChI is InChI=1S/C15H19F3N4O2/c1-10(19)11-8-20-13(7-12(11)21-9-15(16,17)18)14(23)22-3-2-5-24-6-4-22/h7-8H,1-6,9,19H2,(H,20,21). The molecule has 0 aliphatic carbocycles. The number of pyridine rings is 1. The molecule has 1 aromatic rings. The van der Waals surface area contributed by atoms with E-state index in [0.717, 1.165) is 0 Å². The van der Waals surface area contributed by atoms with Crippen LogP contribution in [-0.4, -0.2) is 54.8 Å². The van der Waals surface area contributed by atoms with Crippen molar-refractivity contribution < 1.29 is 22.7 Å². The number of aromatic nitrogens is 1. The van der Waals surface area contributed by atoms with Gasteiger partial charge in [0.15, 0.2) is 0 Å². The van der Waals surface area contributed by atoms with Crippen LogP contribution in [-0.2, 0) is 4.74 Å². The number of hydrogen-bond acceptors (Lipinski definition) is 5. The van der Waals surface area contributed by atoms with Crippen molar-refractivity contribution in [3.63, 3.8) is 0 Å². The second-order valence-corrected chi connectivity index (χ2v) is 5.37. The number of alkyl halides is 3. The molecule has 3 N–H and O–H groups in total. The van der Waals surface area contributed by atoms with Gasteiger partial charge in [-0.15, -0.1) is 0 Å². The van der Waals surface area contributed by atoms with Gasteiger partial charge < -0.3 is 20.7 Å². The lowest BCUT2D eigenvalue weighted by atomic mass is 10.1. The fraction of sp³-hybridized carbons (Fsp3) is 0.467. The van der Waals surface area contributed by atoms with Crippen LogP contribution in [0.5, 0.6) is 0 Å². The third-order valence-electron chi connectivity index (χ3n) is 3.46. The highest BCUT2D eigenvalue weighted by atomic mass is 19.4. The summed E-state index contributed by atoms with van der Waals surface area (Å²) in [6, 6.07) is 1.27. The number of hydrogen-bond donors (Lipinski definition) is 2. The van der Waals surface area contributed by atoms with Gasteiger partial charge in [0.25, 0.3) is 5.91 Å². The van der Waals surface area contributed by atoms with E-state index in [1.165, 1.54) is 12.3 Å². The van der Waals surface area contributed by atoms with Crippen LogP contribution in [0, 0.1) is 0 Å². The number of nitrogens with one attached hydrogen (secondary N) is 1. The smallest absolute Gasteiger partial charge is 0.399 e. The van der Waals surface area contributed by atoms with Crippen LogP contribution in [0.1, 0.15) is 22.5 Å². The average Bonchev–Trinajstić information content (AvgIpc) is 2.80. The summed E-state index contributed by atoms with van der Waals surface area (Å²) in [7, 11) is 0. The predicted octanol–water partition coefficient (Wildman–Crippen LogP) is 1.85. The Morgan fingerprint density at radius 1 is 1.42 bits per heavy atom. The van der Waals surface area contributed by atoms with E-state index in [9.17, 15) is 18.0 Å². The van der Waals surface area contributed by atoms with Crippen molar-refractivity contribution in [2.75, 3.05) is 38.2 Å². The predicted molar refractivity (Wildman–Crippen MR) is 83.3 cm³/mol. The summed E-state index contributed by atoms with van der Waals surface area (Å²) in [6.45, 7) is 4.18. The molecule has 1 aromatic heterocycles. The molecular weight excluding hydrogens is 325 g/mol. The first-order chi connectivity index (χ1) is 11.3. The minimum atomic E-state index is -4.40. The Labute approximate surface area is 137 Å². The summed E-state index contributed by atoms with van der Waals surface area (Å²) < 4.78 is 42.6. The Morgan fingerprint density at radius 3 is 2.83 bits per heavy atom. The van der Waals surface area contributed by atoms with Crippen LogP contribution in [0.15, 0.2) is 18.8 Å². The number of carbonyl (C=O) groups excluding carboxylic acids is 1. The number of anilines is 1. The maximum Gasteiger partial charge on any atom is 0.405 e. The van der Waals surface area contributed by atoms with Crippen molar-refractivity contribution in [3.05, 3.63) is 30.1 Å². The number of ether oxygens (including phenoxy) is 1. The van der Waals surface area contributed by atoms with Gasteiger partial charge in [0.1, 0.15) is 12.2 Å². The van der Waals surface area contributed by atoms with E-state index in [4.69, 9.17) is 10.5 Å².